The third kappa shape index (κ3) is 5.91. The van der Waals surface area contributed by atoms with E-state index in [0.717, 1.165) is 11.1 Å². The number of carboxylic acids is 1. The Kier molecular flexibility index (Phi) is 7.85. The minimum Gasteiger partial charge on any atom is -0.481 e. The summed E-state index contributed by atoms with van der Waals surface area (Å²) in [4.78, 5) is 37.8. The second kappa shape index (κ2) is 11.2. The molecule has 35 heavy (non-hydrogen) atoms. The third-order valence-electron chi connectivity index (χ3n) is 6.83. The summed E-state index contributed by atoms with van der Waals surface area (Å²) in [5, 5.41) is 11.6. The van der Waals surface area contributed by atoms with Crippen LogP contribution >= 0.6 is 0 Å². The first kappa shape index (κ1) is 24.5. The summed E-state index contributed by atoms with van der Waals surface area (Å²) in [5.74, 6) is -1.02. The van der Waals surface area contributed by atoms with E-state index in [4.69, 9.17) is 9.84 Å². The molecule has 2 aromatic rings. The van der Waals surface area contributed by atoms with Gasteiger partial charge in [0.25, 0.3) is 0 Å². The molecule has 0 aromatic heterocycles. The zero-order valence-corrected chi connectivity index (χ0v) is 20.0. The van der Waals surface area contributed by atoms with Crippen LogP contribution in [0.2, 0.25) is 0 Å². The number of aliphatic carboxylic acids is 1. The van der Waals surface area contributed by atoms with Gasteiger partial charge in [0.1, 0.15) is 6.61 Å². The highest BCUT2D eigenvalue weighted by atomic mass is 16.5. The molecule has 7 nitrogen and oxygen atoms in total. The number of fused-ring (bicyclic) bond motifs is 3. The van der Waals surface area contributed by atoms with Gasteiger partial charge in [0, 0.05) is 31.8 Å². The number of nitrogens with one attached hydrogen (secondary N) is 1. The summed E-state index contributed by atoms with van der Waals surface area (Å²) in [7, 11) is 1.75. The molecule has 7 heteroatoms. The first-order valence-corrected chi connectivity index (χ1v) is 12.2. The van der Waals surface area contributed by atoms with Crippen LogP contribution in [0.4, 0.5) is 4.79 Å². The molecule has 0 radical (unpaired) electrons. The molecule has 0 saturated heterocycles. The van der Waals surface area contributed by atoms with Crippen LogP contribution in [0.3, 0.4) is 0 Å². The van der Waals surface area contributed by atoms with Gasteiger partial charge in [0.15, 0.2) is 0 Å². The summed E-state index contributed by atoms with van der Waals surface area (Å²) < 4.78 is 5.64. The average Bonchev–Trinajstić information content (AvgIpc) is 3.18. The molecule has 2 amide bonds. The monoisotopic (exact) mass is 476 g/mol. The maximum atomic E-state index is 12.8. The Hall–Kier alpha value is -3.61. The predicted octanol–water partition coefficient (Wildman–Crippen LogP) is 4.57. The Morgan fingerprint density at radius 3 is 2.34 bits per heavy atom. The Bertz CT molecular complexity index is 1070. The van der Waals surface area contributed by atoms with Crippen LogP contribution in [0.1, 0.15) is 49.1 Å². The number of alkyl carbamates (subject to hydrolysis) is 1. The Labute approximate surface area is 205 Å². The van der Waals surface area contributed by atoms with Crippen molar-refractivity contribution < 1.29 is 24.2 Å². The van der Waals surface area contributed by atoms with Gasteiger partial charge in [-0.1, -0.05) is 60.7 Å². The second-order valence-electron chi connectivity index (χ2n) is 9.28. The molecule has 0 aliphatic heterocycles. The molecule has 4 rings (SSSR count). The van der Waals surface area contributed by atoms with Crippen LogP contribution in [-0.2, 0) is 14.3 Å². The van der Waals surface area contributed by atoms with E-state index >= 15 is 0 Å². The lowest BCUT2D eigenvalue weighted by Crippen LogP contribution is -2.41. The Morgan fingerprint density at radius 1 is 1.03 bits per heavy atom. The van der Waals surface area contributed by atoms with Crippen LogP contribution in [0, 0.1) is 5.92 Å². The first-order chi connectivity index (χ1) is 16.9. The number of rotatable bonds is 9. The highest BCUT2D eigenvalue weighted by Gasteiger charge is 2.30. The topological polar surface area (TPSA) is 95.9 Å². The van der Waals surface area contributed by atoms with E-state index in [1.165, 1.54) is 11.1 Å². The van der Waals surface area contributed by atoms with Gasteiger partial charge in [-0.25, -0.2) is 4.79 Å². The van der Waals surface area contributed by atoms with Gasteiger partial charge in [0.2, 0.25) is 5.91 Å². The summed E-state index contributed by atoms with van der Waals surface area (Å²) in [6.07, 6.45) is 5.80. The van der Waals surface area contributed by atoms with Gasteiger partial charge in [-0.05, 0) is 47.9 Å². The third-order valence-corrected chi connectivity index (χ3v) is 6.83. The molecule has 0 spiro atoms. The fourth-order valence-corrected chi connectivity index (χ4v) is 5.04. The number of hydrogen-bond acceptors (Lipinski definition) is 4. The van der Waals surface area contributed by atoms with Crippen molar-refractivity contribution >= 4 is 18.0 Å². The second-order valence-corrected chi connectivity index (χ2v) is 9.28. The Morgan fingerprint density at radius 2 is 1.69 bits per heavy atom. The molecule has 2 aromatic carbocycles. The van der Waals surface area contributed by atoms with E-state index in [2.05, 4.69) is 29.6 Å². The van der Waals surface area contributed by atoms with Crippen molar-refractivity contribution in [1.82, 2.24) is 10.2 Å². The molecule has 2 N–H and O–H groups in total. The number of hydrogen-bond donors (Lipinski definition) is 2. The maximum Gasteiger partial charge on any atom is 0.407 e. The molecule has 0 saturated carbocycles. The van der Waals surface area contributed by atoms with E-state index in [9.17, 15) is 14.4 Å². The molecule has 2 aliphatic rings. The first-order valence-electron chi connectivity index (χ1n) is 12.2. The van der Waals surface area contributed by atoms with Gasteiger partial charge in [-0.2, -0.15) is 0 Å². The number of allylic oxidation sites excluding steroid dienone is 1. The average molecular weight is 477 g/mol. The lowest BCUT2D eigenvalue weighted by atomic mass is 9.90. The lowest BCUT2D eigenvalue weighted by Gasteiger charge is -2.28. The van der Waals surface area contributed by atoms with Gasteiger partial charge in [0.05, 0.1) is 6.04 Å². The van der Waals surface area contributed by atoms with Crippen LogP contribution in [0.5, 0.6) is 0 Å². The normalized spacial score (nSPS) is 18.4. The highest BCUT2D eigenvalue weighted by molar-refractivity contribution is 5.80. The van der Waals surface area contributed by atoms with Crippen LogP contribution < -0.4 is 5.32 Å². The van der Waals surface area contributed by atoms with Crippen molar-refractivity contribution in [3.63, 3.8) is 0 Å². The smallest absolute Gasteiger partial charge is 0.407 e. The fourth-order valence-electron chi connectivity index (χ4n) is 5.04. The molecule has 184 valence electrons. The van der Waals surface area contributed by atoms with Crippen molar-refractivity contribution in [2.75, 3.05) is 20.2 Å². The molecule has 2 atom stereocenters. The van der Waals surface area contributed by atoms with E-state index < -0.39 is 12.1 Å². The van der Waals surface area contributed by atoms with E-state index in [1.54, 1.807) is 11.9 Å². The molecule has 0 heterocycles. The van der Waals surface area contributed by atoms with Crippen LogP contribution in [0.25, 0.3) is 11.1 Å². The lowest BCUT2D eigenvalue weighted by molar-refractivity contribution is -0.137. The van der Waals surface area contributed by atoms with Crippen molar-refractivity contribution in [3.8, 4) is 11.1 Å². The van der Waals surface area contributed by atoms with Gasteiger partial charge >= 0.3 is 12.1 Å². The van der Waals surface area contributed by atoms with Crippen molar-refractivity contribution in [1.29, 1.82) is 0 Å². The molecule has 2 aliphatic carbocycles. The number of unbranched alkanes of at least 4 members (excludes halogenated alkanes) is 1. The number of carbonyl (C=O) groups is 3. The Balaban J connectivity index is 1.27. The summed E-state index contributed by atoms with van der Waals surface area (Å²) in [6.45, 7) is 0.772. The van der Waals surface area contributed by atoms with E-state index in [0.29, 0.717) is 32.2 Å². The molecule has 0 fully saturated rings. The van der Waals surface area contributed by atoms with Gasteiger partial charge < -0.3 is 20.1 Å². The molecule has 0 unspecified atom stereocenters. The van der Waals surface area contributed by atoms with Crippen LogP contribution in [-0.4, -0.2) is 54.2 Å². The summed E-state index contributed by atoms with van der Waals surface area (Å²) >= 11 is 0. The van der Waals surface area contributed by atoms with Crippen molar-refractivity contribution in [2.24, 2.45) is 5.92 Å². The van der Waals surface area contributed by atoms with E-state index in [1.807, 2.05) is 36.4 Å². The van der Waals surface area contributed by atoms with Crippen molar-refractivity contribution in [3.05, 3.63) is 71.8 Å². The molecular weight excluding hydrogens is 444 g/mol. The number of nitrogens with zero attached hydrogens (tertiary/aromatic N) is 1. The fraction of sp³-hybridized carbons (Fsp3) is 0.393. The number of amides is 2. The van der Waals surface area contributed by atoms with Crippen LogP contribution in [0.15, 0.2) is 60.7 Å². The standard InChI is InChI=1S/C28H32N2O5/c1-30(16-7-6-15-26(31)32)27(33)19-9-8-10-20(17-19)29-28(34)35-18-25-23-13-4-2-11-21(23)22-12-3-5-14-24(22)25/h2-5,8,10-14,19-20,25H,6-7,9,15-18H2,1H3,(H,29,34)(H,31,32)/t19-,20-/m1/s1. The predicted molar refractivity (Wildman–Crippen MR) is 133 cm³/mol. The van der Waals surface area contributed by atoms with Gasteiger partial charge in [-0.15, -0.1) is 0 Å². The zero-order valence-electron chi connectivity index (χ0n) is 20.0. The maximum absolute atomic E-state index is 12.8. The number of benzene rings is 2. The SMILES string of the molecule is CN(CCCCC(=O)O)C(=O)[C@@H]1CC=C[C@@H](NC(=O)OCC2c3ccccc3-c3ccccc32)C1. The summed E-state index contributed by atoms with van der Waals surface area (Å²) in [6, 6.07) is 16.1. The van der Waals surface area contributed by atoms with E-state index in [-0.39, 0.29) is 36.8 Å². The number of carbonyl (C=O) groups excluding carboxylic acids is 2. The summed E-state index contributed by atoms with van der Waals surface area (Å²) in [5.41, 5.74) is 4.69. The minimum absolute atomic E-state index is 0.000786. The van der Waals surface area contributed by atoms with Crippen molar-refractivity contribution in [2.45, 2.75) is 44.1 Å². The van der Waals surface area contributed by atoms with Gasteiger partial charge in [-0.3, -0.25) is 9.59 Å². The minimum atomic E-state index is -0.821. The zero-order chi connectivity index (χ0) is 24.8. The molecule has 0 bridgehead atoms. The number of carboxylic acid groups (broad SMARTS) is 1. The molecular formula is C28H32N2O5. The largest absolute Gasteiger partial charge is 0.481 e. The highest BCUT2D eigenvalue weighted by Crippen LogP contribution is 2.44. The quantitative estimate of drug-likeness (QED) is 0.408. The number of ether oxygens (including phenoxy) is 1.